The molecule has 3 nitrogen and oxygen atoms in total. The molecule has 1 aliphatic rings. The molecule has 3 heteroatoms. The van der Waals surface area contributed by atoms with Gasteiger partial charge in [0, 0.05) is 19.4 Å². The second-order valence-corrected chi connectivity index (χ2v) is 6.00. The molecule has 15 heavy (non-hydrogen) atoms. The van der Waals surface area contributed by atoms with E-state index >= 15 is 0 Å². The molecule has 2 rings (SSSR count). The second-order valence-electron chi connectivity index (χ2n) is 6.00. The average molecular weight is 207 g/mol. The lowest BCUT2D eigenvalue weighted by molar-refractivity contribution is 0.380. The minimum atomic E-state index is 0.281. The zero-order valence-electron chi connectivity index (χ0n) is 10.2. The first kappa shape index (κ1) is 10.7. The van der Waals surface area contributed by atoms with Crippen molar-refractivity contribution in [2.75, 3.05) is 0 Å². The van der Waals surface area contributed by atoms with Gasteiger partial charge in [0.25, 0.3) is 0 Å². The third kappa shape index (κ3) is 2.58. The first-order chi connectivity index (χ1) is 6.94. The van der Waals surface area contributed by atoms with Crippen LogP contribution in [-0.2, 0) is 19.4 Å². The predicted octanol–water partition coefficient (Wildman–Crippen LogP) is 2.45. The minimum absolute atomic E-state index is 0.281. The predicted molar refractivity (Wildman–Crippen MR) is 60.7 cm³/mol. The second kappa shape index (κ2) is 3.62. The SMILES string of the molecule is CC1CCn2nc(CC(C)(C)C)nc2C1. The van der Waals surface area contributed by atoms with Crippen LogP contribution in [0.5, 0.6) is 0 Å². The summed E-state index contributed by atoms with van der Waals surface area (Å²) in [6.07, 6.45) is 3.31. The van der Waals surface area contributed by atoms with Crippen LogP contribution >= 0.6 is 0 Å². The summed E-state index contributed by atoms with van der Waals surface area (Å²) >= 11 is 0. The number of fused-ring (bicyclic) bond motifs is 1. The summed E-state index contributed by atoms with van der Waals surface area (Å²) in [6.45, 7) is 10.0. The Morgan fingerprint density at radius 2 is 2.13 bits per heavy atom. The van der Waals surface area contributed by atoms with Crippen molar-refractivity contribution >= 4 is 0 Å². The molecule has 1 aliphatic heterocycles. The highest BCUT2D eigenvalue weighted by atomic mass is 15.3. The number of hydrogen-bond acceptors (Lipinski definition) is 2. The van der Waals surface area contributed by atoms with Gasteiger partial charge in [-0.1, -0.05) is 27.7 Å². The van der Waals surface area contributed by atoms with Crippen molar-refractivity contribution in [3.8, 4) is 0 Å². The molecular weight excluding hydrogens is 186 g/mol. The van der Waals surface area contributed by atoms with Gasteiger partial charge in [-0.15, -0.1) is 0 Å². The Kier molecular flexibility index (Phi) is 2.57. The van der Waals surface area contributed by atoms with Gasteiger partial charge in [-0.2, -0.15) is 5.10 Å². The largest absolute Gasteiger partial charge is 0.250 e. The Hall–Kier alpha value is -0.860. The summed E-state index contributed by atoms with van der Waals surface area (Å²) in [6, 6.07) is 0. The number of hydrogen-bond donors (Lipinski definition) is 0. The molecule has 1 aromatic rings. The van der Waals surface area contributed by atoms with Crippen molar-refractivity contribution in [2.45, 2.75) is 53.5 Å². The molecule has 1 aromatic heterocycles. The van der Waals surface area contributed by atoms with Crippen LogP contribution in [0.15, 0.2) is 0 Å². The smallest absolute Gasteiger partial charge is 0.151 e. The van der Waals surface area contributed by atoms with Crippen molar-refractivity contribution in [1.29, 1.82) is 0 Å². The minimum Gasteiger partial charge on any atom is -0.250 e. The standard InChI is InChI=1S/C12H21N3/c1-9-5-6-15-11(7-9)13-10(14-15)8-12(2,3)4/h9H,5-8H2,1-4H3. The fraction of sp³-hybridized carbons (Fsp3) is 0.833. The molecule has 1 unspecified atom stereocenters. The molecule has 0 saturated heterocycles. The van der Waals surface area contributed by atoms with Crippen LogP contribution in [0.2, 0.25) is 0 Å². The summed E-state index contributed by atoms with van der Waals surface area (Å²) in [7, 11) is 0. The normalized spacial score (nSPS) is 21.5. The third-order valence-corrected chi connectivity index (χ3v) is 2.85. The van der Waals surface area contributed by atoms with Crippen molar-refractivity contribution in [1.82, 2.24) is 14.8 Å². The van der Waals surface area contributed by atoms with E-state index in [2.05, 4.69) is 42.5 Å². The van der Waals surface area contributed by atoms with Gasteiger partial charge >= 0.3 is 0 Å². The van der Waals surface area contributed by atoms with Gasteiger partial charge in [0.2, 0.25) is 0 Å². The molecule has 0 saturated carbocycles. The quantitative estimate of drug-likeness (QED) is 0.708. The summed E-state index contributed by atoms with van der Waals surface area (Å²) < 4.78 is 2.10. The zero-order valence-corrected chi connectivity index (χ0v) is 10.2. The van der Waals surface area contributed by atoms with Gasteiger partial charge in [0.15, 0.2) is 5.82 Å². The molecule has 0 amide bonds. The lowest BCUT2D eigenvalue weighted by Crippen LogP contribution is -2.18. The van der Waals surface area contributed by atoms with Crippen molar-refractivity contribution < 1.29 is 0 Å². The highest BCUT2D eigenvalue weighted by Gasteiger charge is 2.21. The Morgan fingerprint density at radius 1 is 1.40 bits per heavy atom. The topological polar surface area (TPSA) is 30.7 Å². The zero-order chi connectivity index (χ0) is 11.1. The van der Waals surface area contributed by atoms with E-state index in [4.69, 9.17) is 0 Å². The number of rotatable bonds is 1. The summed E-state index contributed by atoms with van der Waals surface area (Å²) in [5.74, 6) is 2.98. The fourth-order valence-electron chi connectivity index (χ4n) is 2.06. The van der Waals surface area contributed by atoms with E-state index in [-0.39, 0.29) is 5.41 Å². The Balaban J connectivity index is 2.16. The summed E-state index contributed by atoms with van der Waals surface area (Å²) in [5.41, 5.74) is 0.281. The van der Waals surface area contributed by atoms with Gasteiger partial charge < -0.3 is 0 Å². The molecule has 0 radical (unpaired) electrons. The molecule has 0 fully saturated rings. The average Bonchev–Trinajstić information content (AvgIpc) is 2.42. The van der Waals surface area contributed by atoms with Crippen molar-refractivity contribution in [3.63, 3.8) is 0 Å². The van der Waals surface area contributed by atoms with Crippen molar-refractivity contribution in [2.24, 2.45) is 11.3 Å². The van der Waals surface area contributed by atoms with Crippen LogP contribution in [0.25, 0.3) is 0 Å². The number of nitrogens with zero attached hydrogens (tertiary/aromatic N) is 3. The highest BCUT2D eigenvalue weighted by Crippen LogP contribution is 2.22. The van der Waals surface area contributed by atoms with Crippen LogP contribution in [0.1, 0.15) is 45.8 Å². The van der Waals surface area contributed by atoms with Crippen LogP contribution in [0, 0.1) is 11.3 Å². The first-order valence-corrected chi connectivity index (χ1v) is 5.87. The Bertz CT molecular complexity index is 346. The van der Waals surface area contributed by atoms with Gasteiger partial charge in [0.1, 0.15) is 5.82 Å². The summed E-state index contributed by atoms with van der Waals surface area (Å²) in [4.78, 5) is 4.64. The van der Waals surface area contributed by atoms with Crippen LogP contribution in [0.3, 0.4) is 0 Å². The molecule has 0 N–H and O–H groups in total. The monoisotopic (exact) mass is 207 g/mol. The fourth-order valence-corrected chi connectivity index (χ4v) is 2.06. The van der Waals surface area contributed by atoms with E-state index in [9.17, 15) is 0 Å². The van der Waals surface area contributed by atoms with Gasteiger partial charge in [-0.05, 0) is 17.8 Å². The number of aryl methyl sites for hydroxylation is 1. The highest BCUT2D eigenvalue weighted by molar-refractivity contribution is 4.98. The molecule has 0 bridgehead atoms. The van der Waals surface area contributed by atoms with E-state index in [1.165, 1.54) is 12.2 Å². The van der Waals surface area contributed by atoms with Crippen LogP contribution < -0.4 is 0 Å². The van der Waals surface area contributed by atoms with Gasteiger partial charge in [-0.3, -0.25) is 0 Å². The van der Waals surface area contributed by atoms with E-state index in [1.54, 1.807) is 0 Å². The number of aromatic nitrogens is 3. The molecule has 0 aromatic carbocycles. The summed E-state index contributed by atoms with van der Waals surface area (Å²) in [5, 5.41) is 4.58. The van der Waals surface area contributed by atoms with Gasteiger partial charge in [-0.25, -0.2) is 9.67 Å². The molecule has 2 heterocycles. The van der Waals surface area contributed by atoms with Crippen LogP contribution in [0.4, 0.5) is 0 Å². The van der Waals surface area contributed by atoms with E-state index < -0.39 is 0 Å². The third-order valence-electron chi connectivity index (χ3n) is 2.85. The maximum Gasteiger partial charge on any atom is 0.151 e. The molecule has 0 aliphatic carbocycles. The van der Waals surface area contributed by atoms with Crippen molar-refractivity contribution in [3.05, 3.63) is 11.6 Å². The lowest BCUT2D eigenvalue weighted by Gasteiger charge is -2.17. The molecule has 84 valence electrons. The molecule has 0 spiro atoms. The first-order valence-electron chi connectivity index (χ1n) is 5.87. The maximum atomic E-state index is 4.64. The Labute approximate surface area is 91.9 Å². The van der Waals surface area contributed by atoms with E-state index in [0.29, 0.717) is 0 Å². The Morgan fingerprint density at radius 3 is 2.80 bits per heavy atom. The van der Waals surface area contributed by atoms with E-state index in [1.807, 2.05) is 0 Å². The van der Waals surface area contributed by atoms with E-state index in [0.717, 1.165) is 31.1 Å². The molecule has 1 atom stereocenters. The maximum absolute atomic E-state index is 4.64. The lowest BCUT2D eigenvalue weighted by atomic mass is 9.92. The van der Waals surface area contributed by atoms with Crippen LogP contribution in [-0.4, -0.2) is 14.8 Å². The van der Waals surface area contributed by atoms with Gasteiger partial charge in [0.05, 0.1) is 0 Å². The molecular formula is C12H21N3.